The van der Waals surface area contributed by atoms with Crippen molar-refractivity contribution in [2.45, 2.75) is 25.1 Å². The number of ether oxygens (including phenoxy) is 13. The number of hydrogen-bond donors (Lipinski definition) is 2. The molecule has 62 heavy (non-hydrogen) atoms. The third kappa shape index (κ3) is 27.9. The molecule has 0 unspecified atom stereocenters. The average Bonchev–Trinajstić information content (AvgIpc) is 3.27. The van der Waals surface area contributed by atoms with Crippen molar-refractivity contribution in [3.05, 3.63) is 59.7 Å². The summed E-state index contributed by atoms with van der Waals surface area (Å²) in [5, 5.41) is 6.18. The van der Waals surface area contributed by atoms with Gasteiger partial charge in [-0.2, -0.15) is 13.2 Å². The van der Waals surface area contributed by atoms with E-state index >= 15 is 0 Å². The number of para-hydroxylation sites is 1. The van der Waals surface area contributed by atoms with Crippen molar-refractivity contribution >= 4 is 17.3 Å². The number of rotatable bonds is 40. The van der Waals surface area contributed by atoms with Crippen LogP contribution in [0.15, 0.2) is 48.5 Å². The monoisotopic (exact) mass is 892 g/mol. The summed E-state index contributed by atoms with van der Waals surface area (Å²) in [6.07, 6.45) is -1.99. The van der Waals surface area contributed by atoms with Crippen molar-refractivity contribution in [2.24, 2.45) is 0 Å². The zero-order valence-electron chi connectivity index (χ0n) is 35.8. The number of carbonyl (C=O) groups is 1. The average molecular weight is 893 g/mol. The molecule has 0 aliphatic carbocycles. The van der Waals surface area contributed by atoms with Crippen LogP contribution in [-0.4, -0.2) is 184 Å². The highest BCUT2D eigenvalue weighted by Gasteiger charge is 2.30. The summed E-state index contributed by atoms with van der Waals surface area (Å²) in [5.74, 6) is -0.630. The van der Waals surface area contributed by atoms with E-state index in [1.807, 2.05) is 0 Å². The molecule has 0 radical (unpaired) electrons. The normalized spacial score (nSPS) is 13.5. The van der Waals surface area contributed by atoms with Crippen LogP contribution >= 0.6 is 0 Å². The Morgan fingerprint density at radius 3 is 1.32 bits per heavy atom. The minimum atomic E-state index is -4.48. The molecule has 16 nitrogen and oxygen atoms in total. The van der Waals surface area contributed by atoms with Crippen molar-refractivity contribution < 1.29 is 79.5 Å². The fourth-order valence-corrected chi connectivity index (χ4v) is 5.51. The molecule has 1 heterocycles. The van der Waals surface area contributed by atoms with Crippen LogP contribution in [0.1, 0.15) is 28.8 Å². The van der Waals surface area contributed by atoms with Gasteiger partial charge in [0.15, 0.2) is 0 Å². The summed E-state index contributed by atoms with van der Waals surface area (Å²) in [6, 6.07) is 11.1. The van der Waals surface area contributed by atoms with Gasteiger partial charge in [-0.05, 0) is 56.3 Å². The highest BCUT2D eigenvalue weighted by molar-refractivity contribution is 5.96. The first-order chi connectivity index (χ1) is 30.4. The number of hydrogen-bond acceptors (Lipinski definition) is 16. The first kappa shape index (κ1) is 53.3. The second kappa shape index (κ2) is 36.3. The molecule has 0 atom stereocenters. The maximum Gasteiger partial charge on any atom is 0.416 e. The van der Waals surface area contributed by atoms with E-state index in [0.29, 0.717) is 157 Å². The molecule has 0 aromatic heterocycles. The lowest BCUT2D eigenvalue weighted by atomic mass is 10.1. The summed E-state index contributed by atoms with van der Waals surface area (Å²) in [7, 11) is 0. The van der Waals surface area contributed by atoms with Gasteiger partial charge >= 0.3 is 12.1 Å². The summed E-state index contributed by atoms with van der Waals surface area (Å²) in [4.78, 5) is 12.6. The predicted octanol–water partition coefficient (Wildman–Crippen LogP) is 4.56. The van der Waals surface area contributed by atoms with Gasteiger partial charge in [-0.1, -0.05) is 18.2 Å². The van der Waals surface area contributed by atoms with Crippen LogP contribution in [0.4, 0.5) is 24.5 Å². The van der Waals surface area contributed by atoms with Gasteiger partial charge in [-0.15, -0.1) is 0 Å². The van der Waals surface area contributed by atoms with Gasteiger partial charge in [-0.25, -0.2) is 4.79 Å². The first-order valence-electron chi connectivity index (χ1n) is 21.3. The summed E-state index contributed by atoms with van der Waals surface area (Å²) in [6.45, 7) is 12.5. The third-order valence-electron chi connectivity index (χ3n) is 8.66. The number of carbonyl (C=O) groups excluding carboxylic acids is 1. The van der Waals surface area contributed by atoms with Crippen LogP contribution < -0.4 is 10.6 Å². The number of halogens is 3. The van der Waals surface area contributed by atoms with Crippen molar-refractivity contribution in [1.29, 1.82) is 0 Å². The zero-order valence-corrected chi connectivity index (χ0v) is 35.8. The van der Waals surface area contributed by atoms with Gasteiger partial charge < -0.3 is 72.2 Å². The minimum absolute atomic E-state index is 0.00430. The minimum Gasteiger partial charge on any atom is -0.460 e. The van der Waals surface area contributed by atoms with E-state index in [1.165, 1.54) is 18.2 Å². The molecule has 19 heteroatoms. The number of alkyl halides is 3. The maximum atomic E-state index is 13.1. The number of esters is 1. The first-order valence-corrected chi connectivity index (χ1v) is 21.3. The summed E-state index contributed by atoms with van der Waals surface area (Å²) >= 11 is 0. The predicted molar refractivity (Wildman–Crippen MR) is 222 cm³/mol. The fourth-order valence-electron chi connectivity index (χ4n) is 5.51. The lowest BCUT2D eigenvalue weighted by Gasteiger charge is -2.22. The van der Waals surface area contributed by atoms with E-state index < -0.39 is 17.7 Å². The number of benzene rings is 2. The van der Waals surface area contributed by atoms with Crippen LogP contribution in [0, 0.1) is 0 Å². The van der Waals surface area contributed by atoms with Gasteiger partial charge in [0.05, 0.1) is 175 Å². The molecule has 1 aliphatic rings. The number of nitrogens with one attached hydrogen (secondary N) is 2. The lowest BCUT2D eigenvalue weighted by molar-refractivity contribution is -0.137. The standard InChI is InChI=1S/C43H67F3N2O14/c44-43(45,46)37-4-3-5-38(36-37)48-41-7-2-1-6-40(41)42(49)62-35-33-60-31-29-58-27-25-56-23-21-54-19-17-52-15-13-50-12-14-51-16-18-53-20-22-55-24-26-57-28-30-59-32-34-61-39-8-10-47-11-9-39/h1-7,36,39,47-48H,8-35H2. The molecule has 2 N–H and O–H groups in total. The summed E-state index contributed by atoms with van der Waals surface area (Å²) in [5.41, 5.74) is -0.0956. The van der Waals surface area contributed by atoms with E-state index in [1.54, 1.807) is 18.2 Å². The van der Waals surface area contributed by atoms with E-state index in [9.17, 15) is 18.0 Å². The van der Waals surface area contributed by atoms with Crippen LogP contribution in [0.3, 0.4) is 0 Å². The highest BCUT2D eigenvalue weighted by Crippen LogP contribution is 2.32. The quantitative estimate of drug-likeness (QED) is 0.0708. The fraction of sp³-hybridized carbons (Fsp3) is 0.698. The van der Waals surface area contributed by atoms with E-state index in [0.717, 1.165) is 38.1 Å². The molecular formula is C43H67F3N2O14. The van der Waals surface area contributed by atoms with Gasteiger partial charge in [-0.3, -0.25) is 0 Å². The lowest BCUT2D eigenvalue weighted by Crippen LogP contribution is -2.33. The zero-order chi connectivity index (χ0) is 44.0. The Bertz CT molecular complexity index is 1380. The SMILES string of the molecule is O=C(OCCOCCOCCOCCOCCOCCOCCOCCOCCOCCOCCOCCOC1CCNCC1)c1ccccc1Nc1cccc(C(F)(F)F)c1. The molecule has 0 spiro atoms. The smallest absolute Gasteiger partial charge is 0.416 e. The second-order valence-corrected chi connectivity index (χ2v) is 13.4. The van der Waals surface area contributed by atoms with Gasteiger partial charge in [0, 0.05) is 5.69 Å². The molecule has 3 rings (SSSR count). The van der Waals surface area contributed by atoms with Gasteiger partial charge in [0.25, 0.3) is 0 Å². The molecule has 1 fully saturated rings. The molecule has 0 bridgehead atoms. The maximum absolute atomic E-state index is 13.1. The molecule has 0 amide bonds. The van der Waals surface area contributed by atoms with Crippen molar-refractivity contribution in [3.8, 4) is 0 Å². The Kier molecular flexibility index (Phi) is 31.2. The van der Waals surface area contributed by atoms with Crippen LogP contribution in [0.25, 0.3) is 0 Å². The van der Waals surface area contributed by atoms with E-state index in [2.05, 4.69) is 10.6 Å². The molecule has 354 valence electrons. The van der Waals surface area contributed by atoms with Crippen LogP contribution in [0.2, 0.25) is 0 Å². The molecule has 1 saturated heterocycles. The molecule has 0 saturated carbocycles. The largest absolute Gasteiger partial charge is 0.460 e. The number of piperidine rings is 1. The van der Waals surface area contributed by atoms with Crippen molar-refractivity contribution in [2.75, 3.05) is 177 Å². The highest BCUT2D eigenvalue weighted by atomic mass is 19.4. The van der Waals surface area contributed by atoms with E-state index in [4.69, 9.17) is 61.6 Å². The molecule has 2 aromatic rings. The Morgan fingerprint density at radius 2 is 0.903 bits per heavy atom. The topological polar surface area (TPSA) is 161 Å². The number of anilines is 2. The van der Waals surface area contributed by atoms with Gasteiger partial charge in [0.2, 0.25) is 0 Å². The molecule has 2 aromatic carbocycles. The Balaban J connectivity index is 0.954. The Hall–Kier alpha value is -3.02. The third-order valence-corrected chi connectivity index (χ3v) is 8.66. The second-order valence-electron chi connectivity index (χ2n) is 13.4. The van der Waals surface area contributed by atoms with Gasteiger partial charge in [0.1, 0.15) is 6.61 Å². The van der Waals surface area contributed by atoms with Crippen molar-refractivity contribution in [1.82, 2.24) is 5.32 Å². The molecule has 1 aliphatic heterocycles. The van der Waals surface area contributed by atoms with Crippen LogP contribution in [-0.2, 0) is 67.8 Å². The van der Waals surface area contributed by atoms with E-state index in [-0.39, 0.29) is 24.5 Å². The molecular weight excluding hydrogens is 825 g/mol. The Labute approximate surface area is 363 Å². The van der Waals surface area contributed by atoms with Crippen LogP contribution in [0.5, 0.6) is 0 Å². The van der Waals surface area contributed by atoms with Crippen molar-refractivity contribution in [3.63, 3.8) is 0 Å². The Morgan fingerprint density at radius 1 is 0.516 bits per heavy atom. The summed E-state index contributed by atoms with van der Waals surface area (Å²) < 4.78 is 111.